The maximum Gasteiger partial charge on any atom is 0.265 e. The van der Waals surface area contributed by atoms with Crippen LogP contribution in [0.15, 0.2) is 42.5 Å². The average molecular weight is 395 g/mol. The first kappa shape index (κ1) is 20.9. The molecule has 1 aliphatic carbocycles. The van der Waals surface area contributed by atoms with Crippen LogP contribution in [0.5, 0.6) is 5.75 Å². The van der Waals surface area contributed by atoms with E-state index in [2.05, 4.69) is 10.6 Å². The average Bonchev–Trinajstić information content (AvgIpc) is 2.72. The van der Waals surface area contributed by atoms with Gasteiger partial charge in [0.05, 0.1) is 0 Å². The van der Waals surface area contributed by atoms with Crippen molar-refractivity contribution in [2.45, 2.75) is 65.0 Å². The maximum atomic E-state index is 12.5. The van der Waals surface area contributed by atoms with Gasteiger partial charge < -0.3 is 15.4 Å². The molecule has 0 aliphatic heterocycles. The number of aryl methyl sites for hydroxylation is 1. The van der Waals surface area contributed by atoms with Crippen LogP contribution in [0.2, 0.25) is 0 Å². The predicted molar refractivity (Wildman–Crippen MR) is 115 cm³/mol. The van der Waals surface area contributed by atoms with Gasteiger partial charge in [0.15, 0.2) is 6.10 Å². The number of carbonyl (C=O) groups excluding carboxylic acids is 2. The lowest BCUT2D eigenvalue weighted by Gasteiger charge is -2.22. The maximum absolute atomic E-state index is 12.5. The van der Waals surface area contributed by atoms with Crippen molar-refractivity contribution in [1.82, 2.24) is 5.32 Å². The molecule has 1 aliphatic rings. The van der Waals surface area contributed by atoms with E-state index < -0.39 is 6.10 Å². The van der Waals surface area contributed by atoms with Crippen molar-refractivity contribution in [2.24, 2.45) is 0 Å². The Kier molecular flexibility index (Phi) is 6.91. The highest BCUT2D eigenvalue weighted by atomic mass is 16.5. The van der Waals surface area contributed by atoms with E-state index >= 15 is 0 Å². The summed E-state index contributed by atoms with van der Waals surface area (Å²) in [7, 11) is 0. The molecule has 1 atom stereocenters. The van der Waals surface area contributed by atoms with Crippen molar-refractivity contribution in [3.63, 3.8) is 0 Å². The van der Waals surface area contributed by atoms with Crippen LogP contribution in [-0.2, 0) is 4.79 Å². The number of benzene rings is 2. The number of amides is 2. The minimum Gasteiger partial charge on any atom is -0.481 e. The van der Waals surface area contributed by atoms with E-state index in [1.165, 1.54) is 19.3 Å². The third-order valence-corrected chi connectivity index (χ3v) is 5.60. The Morgan fingerprint density at radius 1 is 1.00 bits per heavy atom. The molecule has 5 nitrogen and oxygen atoms in total. The highest BCUT2D eigenvalue weighted by Crippen LogP contribution is 2.20. The number of hydrogen-bond acceptors (Lipinski definition) is 3. The van der Waals surface area contributed by atoms with Crippen molar-refractivity contribution in [3.8, 4) is 5.75 Å². The van der Waals surface area contributed by atoms with E-state index in [4.69, 9.17) is 4.74 Å². The van der Waals surface area contributed by atoms with Gasteiger partial charge in [-0.3, -0.25) is 9.59 Å². The van der Waals surface area contributed by atoms with Crippen LogP contribution >= 0.6 is 0 Å². The van der Waals surface area contributed by atoms with Gasteiger partial charge in [0.25, 0.3) is 11.8 Å². The monoisotopic (exact) mass is 394 g/mol. The zero-order valence-corrected chi connectivity index (χ0v) is 17.5. The largest absolute Gasteiger partial charge is 0.481 e. The van der Waals surface area contributed by atoms with E-state index in [-0.39, 0.29) is 17.9 Å². The van der Waals surface area contributed by atoms with E-state index in [0.29, 0.717) is 11.3 Å². The third kappa shape index (κ3) is 5.59. The molecular formula is C24H30N2O3. The Morgan fingerprint density at radius 3 is 2.38 bits per heavy atom. The van der Waals surface area contributed by atoms with E-state index in [9.17, 15) is 9.59 Å². The van der Waals surface area contributed by atoms with Gasteiger partial charge >= 0.3 is 0 Å². The molecule has 1 unspecified atom stereocenters. The molecule has 154 valence electrons. The molecule has 1 saturated carbocycles. The fourth-order valence-corrected chi connectivity index (χ4v) is 3.58. The van der Waals surface area contributed by atoms with Gasteiger partial charge in [-0.05, 0) is 75.1 Å². The van der Waals surface area contributed by atoms with E-state index in [1.807, 2.05) is 32.0 Å². The lowest BCUT2D eigenvalue weighted by atomic mass is 9.95. The zero-order chi connectivity index (χ0) is 20.8. The molecular weight excluding hydrogens is 364 g/mol. The smallest absolute Gasteiger partial charge is 0.265 e. The van der Waals surface area contributed by atoms with E-state index in [1.54, 1.807) is 31.2 Å². The summed E-state index contributed by atoms with van der Waals surface area (Å²) in [5.74, 6) is 0.296. The first-order chi connectivity index (χ1) is 13.9. The topological polar surface area (TPSA) is 67.4 Å². The highest BCUT2D eigenvalue weighted by molar-refractivity contribution is 5.95. The Bertz CT molecular complexity index is 855. The zero-order valence-electron chi connectivity index (χ0n) is 17.5. The molecule has 0 saturated heterocycles. The van der Waals surface area contributed by atoms with E-state index in [0.717, 1.165) is 29.7 Å². The summed E-state index contributed by atoms with van der Waals surface area (Å²) >= 11 is 0. The van der Waals surface area contributed by atoms with Gasteiger partial charge in [-0.15, -0.1) is 0 Å². The Morgan fingerprint density at radius 2 is 1.69 bits per heavy atom. The number of carbonyl (C=O) groups is 2. The van der Waals surface area contributed by atoms with Crippen LogP contribution in [0.1, 0.15) is 60.5 Å². The summed E-state index contributed by atoms with van der Waals surface area (Å²) in [6.45, 7) is 5.70. The molecule has 0 heterocycles. The van der Waals surface area contributed by atoms with Crippen molar-refractivity contribution >= 4 is 17.5 Å². The van der Waals surface area contributed by atoms with Gasteiger partial charge in [0, 0.05) is 17.3 Å². The van der Waals surface area contributed by atoms with Crippen molar-refractivity contribution in [1.29, 1.82) is 0 Å². The quantitative estimate of drug-likeness (QED) is 0.741. The standard InChI is InChI=1S/C24H30N2O3/c1-16-8-7-11-22(17(16)2)26-23(27)18(3)29-21-14-12-19(13-15-21)24(28)25-20-9-5-4-6-10-20/h7-8,11-15,18,20H,4-6,9-10H2,1-3H3,(H,25,28)(H,26,27). The number of hydrogen-bond donors (Lipinski definition) is 2. The van der Waals surface area contributed by atoms with Crippen molar-refractivity contribution in [3.05, 3.63) is 59.2 Å². The molecule has 2 amide bonds. The molecule has 2 aromatic carbocycles. The Balaban J connectivity index is 1.55. The summed E-state index contributed by atoms with van der Waals surface area (Å²) in [6.07, 6.45) is 5.07. The van der Waals surface area contributed by atoms with Crippen LogP contribution in [-0.4, -0.2) is 24.0 Å². The Hall–Kier alpha value is -2.82. The first-order valence-electron chi connectivity index (χ1n) is 10.4. The molecule has 2 N–H and O–H groups in total. The van der Waals surface area contributed by atoms with Crippen LogP contribution in [0.4, 0.5) is 5.69 Å². The third-order valence-electron chi connectivity index (χ3n) is 5.60. The van der Waals surface area contributed by atoms with Gasteiger partial charge in [-0.2, -0.15) is 0 Å². The van der Waals surface area contributed by atoms with Crippen molar-refractivity contribution < 1.29 is 14.3 Å². The van der Waals surface area contributed by atoms with Gasteiger partial charge in [0.2, 0.25) is 0 Å². The molecule has 2 aromatic rings. The molecule has 5 heteroatoms. The summed E-state index contributed by atoms with van der Waals surface area (Å²) in [5, 5.41) is 6.02. The second-order valence-electron chi connectivity index (χ2n) is 7.83. The fourth-order valence-electron chi connectivity index (χ4n) is 3.58. The number of rotatable bonds is 6. The molecule has 0 aromatic heterocycles. The minimum absolute atomic E-state index is 0.0517. The summed E-state index contributed by atoms with van der Waals surface area (Å²) < 4.78 is 5.76. The molecule has 0 radical (unpaired) electrons. The van der Waals surface area contributed by atoms with Gasteiger partial charge in [0.1, 0.15) is 5.75 Å². The second kappa shape index (κ2) is 9.59. The van der Waals surface area contributed by atoms with Crippen LogP contribution in [0, 0.1) is 13.8 Å². The van der Waals surface area contributed by atoms with Crippen molar-refractivity contribution in [2.75, 3.05) is 5.32 Å². The van der Waals surface area contributed by atoms with Crippen LogP contribution in [0.3, 0.4) is 0 Å². The van der Waals surface area contributed by atoms with Gasteiger partial charge in [-0.1, -0.05) is 31.4 Å². The fraction of sp³-hybridized carbons (Fsp3) is 0.417. The van der Waals surface area contributed by atoms with Crippen LogP contribution < -0.4 is 15.4 Å². The van der Waals surface area contributed by atoms with Gasteiger partial charge in [-0.25, -0.2) is 0 Å². The lowest BCUT2D eigenvalue weighted by Crippen LogP contribution is -2.36. The highest BCUT2D eigenvalue weighted by Gasteiger charge is 2.18. The number of nitrogens with one attached hydrogen (secondary N) is 2. The summed E-state index contributed by atoms with van der Waals surface area (Å²) in [6, 6.07) is 13.0. The predicted octanol–water partition coefficient (Wildman–Crippen LogP) is 4.77. The number of anilines is 1. The SMILES string of the molecule is Cc1cccc(NC(=O)C(C)Oc2ccc(C(=O)NC3CCCCC3)cc2)c1C. The Labute approximate surface area is 172 Å². The first-order valence-corrected chi connectivity index (χ1v) is 10.4. The molecule has 29 heavy (non-hydrogen) atoms. The summed E-state index contributed by atoms with van der Waals surface area (Å²) in [5.41, 5.74) is 3.57. The molecule has 1 fully saturated rings. The lowest BCUT2D eigenvalue weighted by molar-refractivity contribution is -0.122. The minimum atomic E-state index is -0.656. The summed E-state index contributed by atoms with van der Waals surface area (Å²) in [4.78, 5) is 24.9. The second-order valence-corrected chi connectivity index (χ2v) is 7.83. The molecule has 3 rings (SSSR count). The molecule has 0 bridgehead atoms. The number of ether oxygens (including phenoxy) is 1. The molecule has 0 spiro atoms. The van der Waals surface area contributed by atoms with Crippen LogP contribution in [0.25, 0.3) is 0 Å². The normalized spacial score (nSPS) is 15.4.